The lowest BCUT2D eigenvalue weighted by molar-refractivity contribution is -0.119. The number of hydrogen-bond acceptors (Lipinski definition) is 6. The summed E-state index contributed by atoms with van der Waals surface area (Å²) in [5.74, 6) is 0.0872. The van der Waals surface area contributed by atoms with Gasteiger partial charge in [0, 0.05) is 13.2 Å². The van der Waals surface area contributed by atoms with Gasteiger partial charge in [-0.25, -0.2) is 0 Å². The molecule has 0 spiro atoms. The van der Waals surface area contributed by atoms with Crippen molar-refractivity contribution in [2.45, 2.75) is 31.0 Å². The van der Waals surface area contributed by atoms with Crippen LogP contribution in [-0.2, 0) is 9.53 Å². The van der Waals surface area contributed by atoms with Gasteiger partial charge in [-0.1, -0.05) is 11.8 Å². The van der Waals surface area contributed by atoms with Crippen LogP contribution in [-0.4, -0.2) is 46.1 Å². The van der Waals surface area contributed by atoms with Gasteiger partial charge in [0.1, 0.15) is 5.69 Å². The number of thioether (sulfide) groups is 1. The van der Waals surface area contributed by atoms with Crippen LogP contribution in [0.4, 0.5) is 0 Å². The molecule has 8 heteroatoms. The maximum atomic E-state index is 11.6. The predicted octanol–water partition coefficient (Wildman–Crippen LogP) is -0.139. The van der Waals surface area contributed by atoms with E-state index < -0.39 is 0 Å². The lowest BCUT2D eigenvalue weighted by atomic mass is 10.2. The van der Waals surface area contributed by atoms with E-state index in [9.17, 15) is 9.59 Å². The van der Waals surface area contributed by atoms with E-state index in [1.807, 2.05) is 0 Å². The molecule has 2 N–H and O–H groups in total. The number of amides is 1. The molecule has 1 aromatic heterocycles. The molecule has 0 saturated carbocycles. The minimum absolute atomic E-state index is 0.108. The number of aryl methyl sites for hydroxylation is 1. The van der Waals surface area contributed by atoms with E-state index in [-0.39, 0.29) is 23.3 Å². The highest BCUT2D eigenvalue weighted by Gasteiger charge is 2.16. The summed E-state index contributed by atoms with van der Waals surface area (Å²) in [6.45, 7) is 2.89. The second-order valence-electron chi connectivity index (χ2n) is 4.27. The first-order chi connectivity index (χ1) is 9.15. The Morgan fingerprint density at radius 1 is 1.58 bits per heavy atom. The molecule has 2 rings (SSSR count). The highest BCUT2D eigenvalue weighted by atomic mass is 32.2. The molecule has 0 aromatic carbocycles. The average molecular weight is 284 g/mol. The van der Waals surface area contributed by atoms with Gasteiger partial charge < -0.3 is 10.1 Å². The molecule has 1 unspecified atom stereocenters. The van der Waals surface area contributed by atoms with Crippen LogP contribution in [0.2, 0.25) is 0 Å². The van der Waals surface area contributed by atoms with E-state index in [0.29, 0.717) is 17.4 Å². The number of carbonyl (C=O) groups is 1. The summed E-state index contributed by atoms with van der Waals surface area (Å²) in [5, 5.41) is 10.6. The number of rotatable bonds is 5. The second kappa shape index (κ2) is 6.67. The van der Waals surface area contributed by atoms with Crippen molar-refractivity contribution in [2.75, 3.05) is 18.9 Å². The smallest absolute Gasteiger partial charge is 0.273 e. The number of hydrogen-bond donors (Lipinski definition) is 2. The van der Waals surface area contributed by atoms with Crippen LogP contribution in [0.1, 0.15) is 18.5 Å². The monoisotopic (exact) mass is 284 g/mol. The van der Waals surface area contributed by atoms with Crippen molar-refractivity contribution in [2.24, 2.45) is 0 Å². The summed E-state index contributed by atoms with van der Waals surface area (Å²) < 4.78 is 5.40. The van der Waals surface area contributed by atoms with Crippen molar-refractivity contribution in [3.8, 4) is 0 Å². The molecule has 1 amide bonds. The number of nitrogens with one attached hydrogen (secondary N) is 2. The zero-order chi connectivity index (χ0) is 13.7. The lowest BCUT2D eigenvalue weighted by Crippen LogP contribution is -2.33. The van der Waals surface area contributed by atoms with Crippen molar-refractivity contribution in [3.63, 3.8) is 0 Å². The van der Waals surface area contributed by atoms with E-state index in [2.05, 4.69) is 20.5 Å². The normalized spacial score (nSPS) is 18.5. The fourth-order valence-electron chi connectivity index (χ4n) is 1.66. The first-order valence-electron chi connectivity index (χ1n) is 6.10. The molecule has 0 bridgehead atoms. The summed E-state index contributed by atoms with van der Waals surface area (Å²) in [5.41, 5.74) is 0.0319. The van der Waals surface area contributed by atoms with Gasteiger partial charge in [-0.3, -0.25) is 14.6 Å². The molecule has 0 aliphatic carbocycles. The summed E-state index contributed by atoms with van der Waals surface area (Å²) in [4.78, 5) is 25.5. The Balaban J connectivity index is 1.73. The van der Waals surface area contributed by atoms with Crippen LogP contribution in [0.25, 0.3) is 0 Å². The third-order valence-electron chi connectivity index (χ3n) is 2.73. The highest BCUT2D eigenvalue weighted by Crippen LogP contribution is 2.11. The number of H-pyrrole nitrogens is 1. The molecule has 1 fully saturated rings. The van der Waals surface area contributed by atoms with E-state index in [0.717, 1.165) is 31.2 Å². The largest absolute Gasteiger partial charge is 0.376 e. The molecule has 1 aromatic rings. The van der Waals surface area contributed by atoms with Crippen LogP contribution in [0.15, 0.2) is 9.95 Å². The minimum atomic E-state index is -0.280. The summed E-state index contributed by atoms with van der Waals surface area (Å²) in [6, 6.07) is 0. The molecular formula is C11H16N4O3S. The lowest BCUT2D eigenvalue weighted by Gasteiger charge is -2.10. The Hall–Kier alpha value is -1.41. The van der Waals surface area contributed by atoms with E-state index in [1.165, 1.54) is 0 Å². The van der Waals surface area contributed by atoms with Gasteiger partial charge in [-0.15, -0.1) is 10.2 Å². The molecule has 1 aliphatic heterocycles. The van der Waals surface area contributed by atoms with E-state index >= 15 is 0 Å². The molecule has 2 heterocycles. The van der Waals surface area contributed by atoms with E-state index in [4.69, 9.17) is 4.74 Å². The zero-order valence-corrected chi connectivity index (χ0v) is 11.5. The Bertz CT molecular complexity index is 499. The fourth-order valence-corrected chi connectivity index (χ4v) is 2.29. The van der Waals surface area contributed by atoms with Crippen molar-refractivity contribution >= 4 is 17.7 Å². The molecule has 19 heavy (non-hydrogen) atoms. The van der Waals surface area contributed by atoms with Gasteiger partial charge in [0.15, 0.2) is 5.16 Å². The van der Waals surface area contributed by atoms with Crippen molar-refractivity contribution < 1.29 is 9.53 Å². The Kier molecular flexibility index (Phi) is 4.92. The van der Waals surface area contributed by atoms with Gasteiger partial charge in [0.2, 0.25) is 5.91 Å². The van der Waals surface area contributed by atoms with Gasteiger partial charge in [0.05, 0.1) is 11.9 Å². The number of aromatic nitrogens is 3. The Morgan fingerprint density at radius 2 is 2.42 bits per heavy atom. The Labute approximate surface area is 114 Å². The van der Waals surface area contributed by atoms with Gasteiger partial charge in [0.25, 0.3) is 5.56 Å². The van der Waals surface area contributed by atoms with Crippen LogP contribution in [0, 0.1) is 6.92 Å². The summed E-state index contributed by atoms with van der Waals surface area (Å²) >= 11 is 1.15. The maximum absolute atomic E-state index is 11.6. The first kappa shape index (κ1) is 14.0. The minimum Gasteiger partial charge on any atom is -0.376 e. The third-order valence-corrected chi connectivity index (χ3v) is 3.59. The number of nitrogens with zero attached hydrogens (tertiary/aromatic N) is 2. The van der Waals surface area contributed by atoms with Crippen LogP contribution in [0.5, 0.6) is 0 Å². The fraction of sp³-hybridized carbons (Fsp3) is 0.636. The van der Waals surface area contributed by atoms with Gasteiger partial charge in [-0.2, -0.15) is 0 Å². The second-order valence-corrected chi connectivity index (χ2v) is 5.24. The average Bonchev–Trinajstić information content (AvgIpc) is 2.91. The van der Waals surface area contributed by atoms with Crippen molar-refractivity contribution in [1.29, 1.82) is 0 Å². The summed E-state index contributed by atoms with van der Waals surface area (Å²) in [6.07, 6.45) is 2.17. The molecule has 1 saturated heterocycles. The van der Waals surface area contributed by atoms with Crippen LogP contribution >= 0.6 is 11.8 Å². The predicted molar refractivity (Wildman–Crippen MR) is 70.1 cm³/mol. The van der Waals surface area contributed by atoms with Crippen LogP contribution < -0.4 is 10.9 Å². The number of ether oxygens (including phenoxy) is 1. The SMILES string of the molecule is Cc1nnc(SCC(=O)NCC2CCCO2)[nH]c1=O. The molecule has 0 radical (unpaired) electrons. The zero-order valence-electron chi connectivity index (χ0n) is 10.6. The number of aromatic amines is 1. The third kappa shape index (κ3) is 4.32. The van der Waals surface area contributed by atoms with Crippen LogP contribution in [0.3, 0.4) is 0 Å². The molecule has 7 nitrogen and oxygen atoms in total. The Morgan fingerprint density at radius 3 is 3.11 bits per heavy atom. The molecule has 104 valence electrons. The maximum Gasteiger partial charge on any atom is 0.273 e. The summed E-state index contributed by atoms with van der Waals surface area (Å²) in [7, 11) is 0. The molecule has 1 atom stereocenters. The first-order valence-corrected chi connectivity index (χ1v) is 7.08. The molecule has 1 aliphatic rings. The van der Waals surface area contributed by atoms with E-state index in [1.54, 1.807) is 6.92 Å². The topological polar surface area (TPSA) is 97.0 Å². The standard InChI is InChI=1S/C11H16N4O3S/c1-7-10(17)13-11(15-14-7)19-6-9(16)12-5-8-3-2-4-18-8/h8H,2-6H2,1H3,(H,12,16)(H,13,15,17). The van der Waals surface area contributed by atoms with Gasteiger partial charge in [-0.05, 0) is 19.8 Å². The van der Waals surface area contributed by atoms with Crippen molar-refractivity contribution in [3.05, 3.63) is 16.0 Å². The highest BCUT2D eigenvalue weighted by molar-refractivity contribution is 7.99. The molecular weight excluding hydrogens is 268 g/mol. The quantitative estimate of drug-likeness (QED) is 0.731. The van der Waals surface area contributed by atoms with Crippen molar-refractivity contribution in [1.82, 2.24) is 20.5 Å². The van der Waals surface area contributed by atoms with Gasteiger partial charge >= 0.3 is 0 Å². The number of carbonyl (C=O) groups excluding carboxylic acids is 1.